The van der Waals surface area contributed by atoms with Gasteiger partial charge in [-0.3, -0.25) is 4.79 Å². The Bertz CT molecular complexity index is 967. The molecule has 9 heteroatoms. The van der Waals surface area contributed by atoms with E-state index in [1.807, 2.05) is 23.9 Å². The van der Waals surface area contributed by atoms with E-state index in [0.29, 0.717) is 19.0 Å². The van der Waals surface area contributed by atoms with Crippen molar-refractivity contribution in [2.75, 3.05) is 19.6 Å². The van der Waals surface area contributed by atoms with Gasteiger partial charge in [-0.05, 0) is 43.9 Å². The molecule has 0 unspecified atom stereocenters. The molecule has 1 N–H and O–H groups in total. The Hall–Kier alpha value is -2.26. The van der Waals surface area contributed by atoms with Gasteiger partial charge in [-0.25, -0.2) is 17.8 Å². The van der Waals surface area contributed by atoms with Crippen molar-refractivity contribution < 1.29 is 13.2 Å². The molecule has 2 aromatic rings. The Kier molecular flexibility index (Phi) is 5.20. The summed E-state index contributed by atoms with van der Waals surface area (Å²) in [5.41, 5.74) is 1.93. The van der Waals surface area contributed by atoms with Crippen molar-refractivity contribution in [3.05, 3.63) is 41.7 Å². The van der Waals surface area contributed by atoms with Crippen LogP contribution >= 0.6 is 0 Å². The van der Waals surface area contributed by atoms with E-state index in [1.165, 1.54) is 12.8 Å². The molecule has 1 aliphatic carbocycles. The van der Waals surface area contributed by atoms with E-state index in [1.54, 1.807) is 23.1 Å². The maximum atomic E-state index is 12.5. The Morgan fingerprint density at radius 1 is 1.29 bits per heavy atom. The maximum Gasteiger partial charge on any atom is 0.240 e. The zero-order valence-electron chi connectivity index (χ0n) is 15.9. The second-order valence-corrected chi connectivity index (χ2v) is 9.41. The number of carbonyl (C=O) groups is 1. The van der Waals surface area contributed by atoms with Crippen LogP contribution in [0.25, 0.3) is 0 Å². The van der Waals surface area contributed by atoms with Crippen molar-refractivity contribution in [3.8, 4) is 0 Å². The van der Waals surface area contributed by atoms with E-state index in [0.717, 1.165) is 17.7 Å². The van der Waals surface area contributed by atoms with Crippen LogP contribution in [0.15, 0.2) is 35.4 Å². The number of nitrogens with zero attached hydrogens (tertiary/aromatic N) is 4. The van der Waals surface area contributed by atoms with Crippen LogP contribution in [0, 0.1) is 6.92 Å². The number of carbonyl (C=O) groups excluding carboxylic acids is 1. The molecule has 2 heterocycles. The fraction of sp³-hybridized carbons (Fsp3) is 0.526. The number of aromatic nitrogens is 3. The predicted octanol–water partition coefficient (Wildman–Crippen LogP) is 1.61. The van der Waals surface area contributed by atoms with E-state index in [-0.39, 0.29) is 29.8 Å². The number of sulfonamides is 1. The smallest absolute Gasteiger partial charge is 0.240 e. The first-order chi connectivity index (χ1) is 13.4. The lowest BCUT2D eigenvalue weighted by atomic mass is 10.2. The van der Waals surface area contributed by atoms with E-state index in [9.17, 15) is 13.2 Å². The van der Waals surface area contributed by atoms with E-state index in [2.05, 4.69) is 15.0 Å². The number of amides is 1. The zero-order valence-corrected chi connectivity index (χ0v) is 16.7. The van der Waals surface area contributed by atoms with Crippen molar-refractivity contribution >= 4 is 15.9 Å². The second-order valence-electron chi connectivity index (χ2n) is 7.64. The van der Waals surface area contributed by atoms with Gasteiger partial charge in [0.1, 0.15) is 0 Å². The van der Waals surface area contributed by atoms with Gasteiger partial charge in [0, 0.05) is 38.2 Å². The minimum absolute atomic E-state index is 0.0445. The van der Waals surface area contributed by atoms with Gasteiger partial charge in [0.05, 0.1) is 16.6 Å². The zero-order chi connectivity index (χ0) is 19.7. The molecule has 0 radical (unpaired) electrons. The third-order valence-electron chi connectivity index (χ3n) is 5.34. The quantitative estimate of drug-likeness (QED) is 0.757. The molecule has 0 bridgehead atoms. The Balaban J connectivity index is 1.27. The molecule has 1 saturated heterocycles. The van der Waals surface area contributed by atoms with E-state index < -0.39 is 10.0 Å². The molecule has 1 aliphatic heterocycles. The van der Waals surface area contributed by atoms with Crippen LogP contribution in [0.4, 0.5) is 0 Å². The molecule has 0 spiro atoms. The highest BCUT2D eigenvalue weighted by Crippen LogP contribution is 2.39. The average Bonchev–Trinajstić information content (AvgIpc) is 3.19. The van der Waals surface area contributed by atoms with Crippen LogP contribution in [0.5, 0.6) is 0 Å². The number of nitrogens with one attached hydrogen (secondary N) is 1. The number of hydrogen-bond donors (Lipinski definition) is 1. The standard InChI is InChI=1S/C19H25N5O3S/c1-14-3-2-4-17(11-14)28(26,27)20-9-7-19(25)23-10-8-16(12-23)24-13-18(21-22-24)15-5-6-15/h2-4,11,13,15-16,20H,5-10,12H2,1H3/t16-/m0/s1. The van der Waals surface area contributed by atoms with Gasteiger partial charge in [-0.15, -0.1) is 5.10 Å². The summed E-state index contributed by atoms with van der Waals surface area (Å²) in [5.74, 6) is 0.520. The van der Waals surface area contributed by atoms with Gasteiger partial charge < -0.3 is 4.90 Å². The van der Waals surface area contributed by atoms with E-state index in [4.69, 9.17) is 0 Å². The first kappa shape index (κ1) is 19.1. The van der Waals surface area contributed by atoms with Crippen LogP contribution in [-0.4, -0.2) is 53.9 Å². The minimum Gasteiger partial charge on any atom is -0.340 e. The maximum absolute atomic E-state index is 12.5. The highest BCUT2D eigenvalue weighted by Gasteiger charge is 2.31. The van der Waals surface area contributed by atoms with E-state index >= 15 is 0 Å². The molecule has 1 aromatic carbocycles. The summed E-state index contributed by atoms with van der Waals surface area (Å²) >= 11 is 0. The molecule has 1 amide bonds. The van der Waals surface area contributed by atoms with Crippen molar-refractivity contribution in [2.24, 2.45) is 0 Å². The highest BCUT2D eigenvalue weighted by atomic mass is 32.2. The van der Waals surface area contributed by atoms with Crippen molar-refractivity contribution in [1.82, 2.24) is 24.6 Å². The van der Waals surface area contributed by atoms with Crippen LogP contribution in [0.3, 0.4) is 0 Å². The minimum atomic E-state index is -3.60. The van der Waals surface area contributed by atoms with Gasteiger partial charge >= 0.3 is 0 Å². The molecule has 150 valence electrons. The van der Waals surface area contributed by atoms with Crippen LogP contribution in [0.2, 0.25) is 0 Å². The lowest BCUT2D eigenvalue weighted by Gasteiger charge is -2.16. The molecule has 8 nitrogen and oxygen atoms in total. The number of likely N-dealkylation sites (tertiary alicyclic amines) is 1. The van der Waals surface area contributed by atoms with Gasteiger partial charge in [0.2, 0.25) is 15.9 Å². The lowest BCUT2D eigenvalue weighted by Crippen LogP contribution is -2.33. The SMILES string of the molecule is Cc1cccc(S(=O)(=O)NCCC(=O)N2CC[C@H](n3cc(C4CC4)nn3)C2)c1. The molecule has 2 aliphatic rings. The van der Waals surface area contributed by atoms with Gasteiger partial charge in [-0.1, -0.05) is 17.3 Å². The Morgan fingerprint density at radius 3 is 2.86 bits per heavy atom. The third kappa shape index (κ3) is 4.25. The molecular formula is C19H25N5O3S. The molecule has 1 aromatic heterocycles. The fourth-order valence-electron chi connectivity index (χ4n) is 3.54. The summed E-state index contributed by atoms with van der Waals surface area (Å²) in [5, 5.41) is 8.46. The summed E-state index contributed by atoms with van der Waals surface area (Å²) in [6.07, 6.45) is 5.36. The van der Waals surface area contributed by atoms with Crippen molar-refractivity contribution in [2.45, 2.75) is 49.5 Å². The topological polar surface area (TPSA) is 97.2 Å². The number of rotatable bonds is 7. The number of aryl methyl sites for hydroxylation is 1. The largest absolute Gasteiger partial charge is 0.340 e. The van der Waals surface area contributed by atoms with Gasteiger partial charge in [-0.2, -0.15) is 0 Å². The average molecular weight is 404 g/mol. The summed E-state index contributed by atoms with van der Waals surface area (Å²) in [6.45, 7) is 3.18. The first-order valence-electron chi connectivity index (χ1n) is 9.68. The van der Waals surface area contributed by atoms with Gasteiger partial charge in [0.15, 0.2) is 0 Å². The Morgan fingerprint density at radius 2 is 2.11 bits per heavy atom. The summed E-state index contributed by atoms with van der Waals surface area (Å²) in [6, 6.07) is 6.86. The number of benzene rings is 1. The highest BCUT2D eigenvalue weighted by molar-refractivity contribution is 7.89. The fourth-order valence-corrected chi connectivity index (χ4v) is 4.67. The van der Waals surface area contributed by atoms with Crippen molar-refractivity contribution in [3.63, 3.8) is 0 Å². The molecule has 4 rings (SSSR count). The third-order valence-corrected chi connectivity index (χ3v) is 6.80. The normalized spacial score (nSPS) is 19.9. The van der Waals surface area contributed by atoms with Crippen LogP contribution in [-0.2, 0) is 14.8 Å². The second kappa shape index (κ2) is 7.63. The predicted molar refractivity (Wildman–Crippen MR) is 103 cm³/mol. The summed E-state index contributed by atoms with van der Waals surface area (Å²) in [7, 11) is -3.60. The Labute approximate surface area is 165 Å². The van der Waals surface area contributed by atoms with Crippen LogP contribution in [0.1, 0.15) is 48.9 Å². The van der Waals surface area contributed by atoms with Gasteiger partial charge in [0.25, 0.3) is 0 Å². The molecule has 1 saturated carbocycles. The summed E-state index contributed by atoms with van der Waals surface area (Å²) in [4.78, 5) is 14.5. The molecule has 2 fully saturated rings. The molecule has 1 atom stereocenters. The monoisotopic (exact) mass is 403 g/mol. The van der Waals surface area contributed by atoms with Crippen molar-refractivity contribution in [1.29, 1.82) is 0 Å². The summed E-state index contributed by atoms with van der Waals surface area (Å²) < 4.78 is 29.1. The molecule has 28 heavy (non-hydrogen) atoms. The lowest BCUT2D eigenvalue weighted by molar-refractivity contribution is -0.130. The first-order valence-corrected chi connectivity index (χ1v) is 11.2. The number of hydrogen-bond acceptors (Lipinski definition) is 5. The van der Waals surface area contributed by atoms with Crippen LogP contribution < -0.4 is 4.72 Å². The molecular weight excluding hydrogens is 378 g/mol.